The third kappa shape index (κ3) is 122. The zero-order chi connectivity index (χ0) is 30.1. The van der Waals surface area contributed by atoms with Gasteiger partial charge in [0, 0.05) is 28.4 Å². The summed E-state index contributed by atoms with van der Waals surface area (Å²) >= 11 is 0. The standard InChI is InChI=1S/3C6H6.2C2H6O.6C2H6/c3*1-2-4-6-5-3-1;2*1-3-2;6*1-2/h3*1-6H;2*1-2H3;6*1-2H3. The second kappa shape index (κ2) is 105. The molecule has 214 valence electrons. The van der Waals surface area contributed by atoms with Gasteiger partial charge in [0.1, 0.15) is 0 Å². The molecule has 0 aliphatic rings. The quantitative estimate of drug-likeness (QED) is 0.302. The third-order valence-corrected chi connectivity index (χ3v) is 2.00. The molecule has 36 heavy (non-hydrogen) atoms. The van der Waals surface area contributed by atoms with E-state index < -0.39 is 0 Å². The lowest BCUT2D eigenvalue weighted by molar-refractivity contribution is 0.277. The highest BCUT2D eigenvalue weighted by Crippen LogP contribution is 1.81. The number of rotatable bonds is 0. The molecule has 2 nitrogen and oxygen atoms in total. The molecule has 0 N–H and O–H groups in total. The smallest absolute Gasteiger partial charge is 0.0351 e. The Morgan fingerprint density at radius 1 is 0.194 bits per heavy atom. The molecule has 0 aliphatic carbocycles. The lowest BCUT2D eigenvalue weighted by Gasteiger charge is -1.69. The molecule has 0 radical (unpaired) electrons. The summed E-state index contributed by atoms with van der Waals surface area (Å²) in [5.74, 6) is 0. The van der Waals surface area contributed by atoms with Crippen molar-refractivity contribution in [3.05, 3.63) is 109 Å². The summed E-state index contributed by atoms with van der Waals surface area (Å²) in [6.45, 7) is 24.0. The van der Waals surface area contributed by atoms with Crippen molar-refractivity contribution < 1.29 is 9.47 Å². The maximum atomic E-state index is 4.25. The van der Waals surface area contributed by atoms with Gasteiger partial charge in [-0.3, -0.25) is 0 Å². The fourth-order valence-electron chi connectivity index (χ4n) is 1.15. The molecule has 0 saturated heterocycles. The molecule has 0 fully saturated rings. The predicted molar refractivity (Wildman–Crippen MR) is 173 cm³/mol. The lowest BCUT2D eigenvalue weighted by Crippen LogP contribution is -1.55. The van der Waals surface area contributed by atoms with Gasteiger partial charge < -0.3 is 9.47 Å². The molecule has 3 aromatic carbocycles. The van der Waals surface area contributed by atoms with Crippen molar-refractivity contribution in [1.82, 2.24) is 0 Å². The molecule has 0 aromatic heterocycles. The highest BCUT2D eigenvalue weighted by molar-refractivity contribution is 5.00. The Labute approximate surface area is 230 Å². The van der Waals surface area contributed by atoms with E-state index in [9.17, 15) is 0 Å². The second-order valence-corrected chi connectivity index (χ2v) is 4.28. The number of benzene rings is 3. The van der Waals surface area contributed by atoms with Gasteiger partial charge in [-0.05, 0) is 0 Å². The van der Waals surface area contributed by atoms with Crippen molar-refractivity contribution >= 4 is 0 Å². The van der Waals surface area contributed by atoms with Crippen LogP contribution in [-0.4, -0.2) is 28.4 Å². The van der Waals surface area contributed by atoms with Crippen LogP contribution in [0.25, 0.3) is 0 Å². The van der Waals surface area contributed by atoms with Gasteiger partial charge in [0.2, 0.25) is 0 Å². The van der Waals surface area contributed by atoms with Gasteiger partial charge in [-0.2, -0.15) is 0 Å². The molecule has 0 bridgehead atoms. The van der Waals surface area contributed by atoms with E-state index in [-0.39, 0.29) is 0 Å². The van der Waals surface area contributed by atoms with Crippen molar-refractivity contribution in [3.63, 3.8) is 0 Å². The molecular formula is C34H66O2. The predicted octanol–water partition coefficient (Wildman–Crippen LogP) is 11.7. The molecule has 0 saturated carbocycles. The molecule has 2 heteroatoms. The first kappa shape index (κ1) is 54.5. The van der Waals surface area contributed by atoms with Crippen LogP contribution in [0.1, 0.15) is 83.1 Å². The number of ether oxygens (including phenoxy) is 2. The van der Waals surface area contributed by atoms with E-state index in [1.165, 1.54) is 0 Å². The van der Waals surface area contributed by atoms with E-state index in [4.69, 9.17) is 0 Å². The Bertz CT molecular complexity index is 328. The highest BCUT2D eigenvalue weighted by Gasteiger charge is 1.59. The summed E-state index contributed by atoms with van der Waals surface area (Å²) in [5.41, 5.74) is 0. The first-order valence-corrected chi connectivity index (χ1v) is 13.6. The Balaban J connectivity index is -0.0000000419. The molecule has 0 amide bonds. The Morgan fingerprint density at radius 2 is 0.222 bits per heavy atom. The second-order valence-electron chi connectivity index (χ2n) is 4.28. The molecule has 0 heterocycles. The SMILES string of the molecule is CC.CC.CC.CC.CC.CC.COC.COC.c1ccccc1.c1ccccc1.c1ccccc1. The summed E-state index contributed by atoms with van der Waals surface area (Å²) in [5, 5.41) is 0. The highest BCUT2D eigenvalue weighted by atomic mass is 16.5. The molecule has 3 aromatic rings. The Hall–Kier alpha value is -2.42. The molecule has 0 unspecified atom stereocenters. The van der Waals surface area contributed by atoms with Gasteiger partial charge >= 0.3 is 0 Å². The summed E-state index contributed by atoms with van der Waals surface area (Å²) in [4.78, 5) is 0. The van der Waals surface area contributed by atoms with Crippen molar-refractivity contribution in [3.8, 4) is 0 Å². The monoisotopic (exact) mass is 507 g/mol. The van der Waals surface area contributed by atoms with Crippen LogP contribution >= 0.6 is 0 Å². The molecule has 0 spiro atoms. The van der Waals surface area contributed by atoms with E-state index in [2.05, 4.69) is 9.47 Å². The number of hydrogen-bond donors (Lipinski definition) is 0. The van der Waals surface area contributed by atoms with Crippen molar-refractivity contribution in [2.75, 3.05) is 28.4 Å². The molecule has 0 aliphatic heterocycles. The number of hydrogen-bond acceptors (Lipinski definition) is 2. The lowest BCUT2D eigenvalue weighted by atomic mass is 10.4. The van der Waals surface area contributed by atoms with Gasteiger partial charge in [-0.15, -0.1) is 0 Å². The van der Waals surface area contributed by atoms with Crippen LogP contribution in [-0.2, 0) is 9.47 Å². The van der Waals surface area contributed by atoms with Crippen LogP contribution in [0.3, 0.4) is 0 Å². The van der Waals surface area contributed by atoms with Crippen molar-refractivity contribution in [1.29, 1.82) is 0 Å². The summed E-state index contributed by atoms with van der Waals surface area (Å²) in [6.07, 6.45) is 0. The van der Waals surface area contributed by atoms with E-state index in [0.29, 0.717) is 0 Å². The van der Waals surface area contributed by atoms with Crippen LogP contribution in [0.5, 0.6) is 0 Å². The zero-order valence-corrected chi connectivity index (χ0v) is 27.2. The average Bonchev–Trinajstić information content (AvgIpc) is 3.03. The van der Waals surface area contributed by atoms with E-state index in [1.807, 2.05) is 192 Å². The van der Waals surface area contributed by atoms with Crippen molar-refractivity contribution in [2.24, 2.45) is 0 Å². The zero-order valence-electron chi connectivity index (χ0n) is 27.2. The van der Waals surface area contributed by atoms with E-state index in [0.717, 1.165) is 0 Å². The summed E-state index contributed by atoms with van der Waals surface area (Å²) < 4.78 is 8.50. The minimum atomic E-state index is 1.62. The minimum Gasteiger partial charge on any atom is -0.388 e. The van der Waals surface area contributed by atoms with Crippen LogP contribution in [0.15, 0.2) is 109 Å². The van der Waals surface area contributed by atoms with Crippen LogP contribution < -0.4 is 0 Å². The Kier molecular flexibility index (Phi) is 159. The number of methoxy groups -OCH3 is 2. The van der Waals surface area contributed by atoms with Crippen LogP contribution in [0.4, 0.5) is 0 Å². The van der Waals surface area contributed by atoms with Crippen LogP contribution in [0.2, 0.25) is 0 Å². The largest absolute Gasteiger partial charge is 0.388 e. The topological polar surface area (TPSA) is 18.5 Å². The van der Waals surface area contributed by atoms with Gasteiger partial charge in [-0.1, -0.05) is 192 Å². The average molecular weight is 507 g/mol. The van der Waals surface area contributed by atoms with E-state index >= 15 is 0 Å². The molecular weight excluding hydrogens is 440 g/mol. The fraction of sp³-hybridized carbons (Fsp3) is 0.471. The Morgan fingerprint density at radius 3 is 0.250 bits per heavy atom. The molecule has 0 atom stereocenters. The minimum absolute atomic E-state index is 1.62. The van der Waals surface area contributed by atoms with Gasteiger partial charge in [0.05, 0.1) is 0 Å². The molecule has 3 rings (SSSR count). The first-order valence-electron chi connectivity index (χ1n) is 13.6. The summed E-state index contributed by atoms with van der Waals surface area (Å²) in [6, 6.07) is 36.0. The fourth-order valence-corrected chi connectivity index (χ4v) is 1.15. The third-order valence-electron chi connectivity index (χ3n) is 2.00. The normalized spacial score (nSPS) is 6.00. The summed E-state index contributed by atoms with van der Waals surface area (Å²) in [7, 11) is 6.50. The van der Waals surface area contributed by atoms with Crippen LogP contribution in [0, 0.1) is 0 Å². The maximum absolute atomic E-state index is 4.25. The van der Waals surface area contributed by atoms with Gasteiger partial charge in [0.25, 0.3) is 0 Å². The first-order chi connectivity index (χ1) is 17.8. The van der Waals surface area contributed by atoms with E-state index in [1.54, 1.807) is 28.4 Å². The van der Waals surface area contributed by atoms with Gasteiger partial charge in [-0.25, -0.2) is 0 Å². The maximum Gasteiger partial charge on any atom is 0.0351 e. The van der Waals surface area contributed by atoms with Crippen molar-refractivity contribution in [2.45, 2.75) is 83.1 Å². The van der Waals surface area contributed by atoms with Gasteiger partial charge in [0.15, 0.2) is 0 Å².